The maximum atomic E-state index is 13.5. The summed E-state index contributed by atoms with van der Waals surface area (Å²) >= 11 is 3.55. The second kappa shape index (κ2) is 8.45. The van der Waals surface area contributed by atoms with Crippen molar-refractivity contribution in [1.82, 2.24) is 9.55 Å². The smallest absolute Gasteiger partial charge is 0.264 e. The maximum Gasteiger partial charge on any atom is 0.264 e. The number of rotatable bonds is 6. The van der Waals surface area contributed by atoms with Crippen LogP contribution in [0.5, 0.6) is 5.75 Å². The summed E-state index contributed by atoms with van der Waals surface area (Å²) in [4.78, 5) is 18.0. The molecular weight excluding hydrogens is 428 g/mol. The van der Waals surface area contributed by atoms with Crippen LogP contribution in [0.1, 0.15) is 11.1 Å². The van der Waals surface area contributed by atoms with Crippen LogP contribution >= 0.6 is 15.9 Å². The van der Waals surface area contributed by atoms with Gasteiger partial charge in [-0.25, -0.2) is 4.98 Å². The van der Waals surface area contributed by atoms with Crippen LogP contribution in [0.25, 0.3) is 16.7 Å². The first-order valence-electron chi connectivity index (χ1n) is 9.26. The molecule has 2 aromatic heterocycles. The van der Waals surface area contributed by atoms with Gasteiger partial charge >= 0.3 is 0 Å². The van der Waals surface area contributed by atoms with Crippen molar-refractivity contribution in [3.8, 4) is 11.4 Å². The second-order valence-corrected chi connectivity index (χ2v) is 7.39. The number of allylic oxidation sites excluding steroid dienone is 1. The Labute approximate surface area is 177 Å². The molecule has 0 aliphatic rings. The van der Waals surface area contributed by atoms with E-state index in [-0.39, 0.29) is 5.56 Å². The number of hydrogen-bond acceptors (Lipinski definition) is 3. The van der Waals surface area contributed by atoms with E-state index in [1.54, 1.807) is 16.8 Å². The number of pyridine rings is 2. The summed E-state index contributed by atoms with van der Waals surface area (Å²) in [5.41, 5.74) is 2.75. The van der Waals surface area contributed by atoms with Crippen molar-refractivity contribution in [3.05, 3.63) is 112 Å². The van der Waals surface area contributed by atoms with Crippen molar-refractivity contribution in [2.24, 2.45) is 0 Å². The Hall–Kier alpha value is -3.18. The lowest BCUT2D eigenvalue weighted by Gasteiger charge is -2.17. The molecule has 5 heteroatoms. The number of halogens is 1. The minimum absolute atomic E-state index is 0.149. The summed E-state index contributed by atoms with van der Waals surface area (Å²) in [6, 6.07) is 21.2. The van der Waals surface area contributed by atoms with E-state index in [9.17, 15) is 4.79 Å². The first-order valence-corrected chi connectivity index (χ1v) is 10.0. The number of nitrogens with zero attached hydrogens (tertiary/aromatic N) is 2. The van der Waals surface area contributed by atoms with Crippen LogP contribution in [-0.2, 0) is 13.0 Å². The second-order valence-electron chi connectivity index (χ2n) is 6.53. The van der Waals surface area contributed by atoms with Gasteiger partial charge in [-0.3, -0.25) is 9.36 Å². The molecule has 0 saturated carbocycles. The SMILES string of the molecule is C=CCc1c(OCc2ccccc2Br)c2cccnc2n(-c2ccccc2)c1=O. The molecule has 0 bridgehead atoms. The van der Waals surface area contributed by atoms with Gasteiger partial charge in [-0.2, -0.15) is 0 Å². The average Bonchev–Trinajstić information content (AvgIpc) is 2.75. The third kappa shape index (κ3) is 3.74. The summed E-state index contributed by atoms with van der Waals surface area (Å²) in [6.45, 7) is 4.16. The Morgan fingerprint density at radius 2 is 1.79 bits per heavy atom. The van der Waals surface area contributed by atoms with E-state index >= 15 is 0 Å². The number of ether oxygens (including phenoxy) is 1. The molecule has 0 atom stereocenters. The highest BCUT2D eigenvalue weighted by Gasteiger charge is 2.19. The number of benzene rings is 2. The van der Waals surface area contributed by atoms with E-state index in [0.29, 0.717) is 30.0 Å². The minimum Gasteiger partial charge on any atom is -0.488 e. The van der Waals surface area contributed by atoms with E-state index in [4.69, 9.17) is 4.74 Å². The topological polar surface area (TPSA) is 44.1 Å². The van der Waals surface area contributed by atoms with Crippen LogP contribution in [-0.4, -0.2) is 9.55 Å². The zero-order chi connectivity index (χ0) is 20.2. The Morgan fingerprint density at radius 3 is 2.55 bits per heavy atom. The zero-order valence-electron chi connectivity index (χ0n) is 15.7. The third-order valence-electron chi connectivity index (χ3n) is 4.67. The minimum atomic E-state index is -0.149. The molecule has 0 amide bonds. The summed E-state index contributed by atoms with van der Waals surface area (Å²) in [6.07, 6.45) is 3.81. The monoisotopic (exact) mass is 446 g/mol. The van der Waals surface area contributed by atoms with Gasteiger partial charge in [0, 0.05) is 16.2 Å². The molecule has 0 fully saturated rings. The standard InChI is InChI=1S/C24H19BrN2O2/c1-2-9-20-22(29-16-17-10-6-7-14-21(17)25)19-13-8-15-26-23(19)27(24(20)28)18-11-4-3-5-12-18/h2-8,10-15H,1,9,16H2. The van der Waals surface area contributed by atoms with E-state index in [1.165, 1.54) is 0 Å². The van der Waals surface area contributed by atoms with Crippen LogP contribution in [0.2, 0.25) is 0 Å². The maximum absolute atomic E-state index is 13.5. The Bertz CT molecular complexity index is 1230. The number of hydrogen-bond donors (Lipinski definition) is 0. The van der Waals surface area contributed by atoms with E-state index in [0.717, 1.165) is 21.1 Å². The molecule has 0 radical (unpaired) electrons. The van der Waals surface area contributed by atoms with Crippen molar-refractivity contribution in [1.29, 1.82) is 0 Å². The molecule has 0 saturated heterocycles. The highest BCUT2D eigenvalue weighted by molar-refractivity contribution is 9.10. The Kier molecular flexibility index (Phi) is 5.58. The molecular formula is C24H19BrN2O2. The fourth-order valence-corrected chi connectivity index (χ4v) is 3.71. The van der Waals surface area contributed by atoms with Gasteiger partial charge in [0.05, 0.1) is 16.6 Å². The first-order chi connectivity index (χ1) is 14.2. The summed E-state index contributed by atoms with van der Waals surface area (Å²) < 4.78 is 8.81. The number of para-hydroxylation sites is 1. The van der Waals surface area contributed by atoms with Crippen molar-refractivity contribution in [2.75, 3.05) is 0 Å². The normalized spacial score (nSPS) is 10.8. The van der Waals surface area contributed by atoms with Gasteiger partial charge in [0.1, 0.15) is 12.4 Å². The molecule has 0 aliphatic carbocycles. The summed E-state index contributed by atoms with van der Waals surface area (Å²) in [7, 11) is 0. The fraction of sp³-hybridized carbons (Fsp3) is 0.0833. The fourth-order valence-electron chi connectivity index (χ4n) is 3.31. The average molecular weight is 447 g/mol. The van der Waals surface area contributed by atoms with Crippen LogP contribution in [0.15, 0.2) is 94.8 Å². The van der Waals surface area contributed by atoms with Crippen molar-refractivity contribution < 1.29 is 4.74 Å². The molecule has 4 nitrogen and oxygen atoms in total. The van der Waals surface area contributed by atoms with Crippen LogP contribution in [0, 0.1) is 0 Å². The molecule has 0 spiro atoms. The van der Waals surface area contributed by atoms with Crippen LogP contribution < -0.4 is 10.3 Å². The predicted molar refractivity (Wildman–Crippen MR) is 120 cm³/mol. The molecule has 29 heavy (non-hydrogen) atoms. The highest BCUT2D eigenvalue weighted by atomic mass is 79.9. The van der Waals surface area contributed by atoms with Gasteiger partial charge in [-0.05, 0) is 36.8 Å². The molecule has 4 aromatic rings. The van der Waals surface area contributed by atoms with Crippen molar-refractivity contribution in [2.45, 2.75) is 13.0 Å². The molecule has 2 aromatic carbocycles. The molecule has 0 aliphatic heterocycles. The van der Waals surface area contributed by atoms with E-state index < -0.39 is 0 Å². The van der Waals surface area contributed by atoms with E-state index in [1.807, 2.05) is 66.7 Å². The quantitative estimate of drug-likeness (QED) is 0.369. The number of fused-ring (bicyclic) bond motifs is 1. The van der Waals surface area contributed by atoms with Gasteiger partial charge < -0.3 is 4.74 Å². The predicted octanol–water partition coefficient (Wildman–Crippen LogP) is 5.46. The van der Waals surface area contributed by atoms with Gasteiger partial charge in [0.15, 0.2) is 5.65 Å². The summed E-state index contributed by atoms with van der Waals surface area (Å²) in [5.74, 6) is 0.556. The molecule has 144 valence electrons. The largest absolute Gasteiger partial charge is 0.488 e. The van der Waals surface area contributed by atoms with Crippen molar-refractivity contribution >= 4 is 27.0 Å². The van der Waals surface area contributed by atoms with E-state index in [2.05, 4.69) is 27.5 Å². The van der Waals surface area contributed by atoms with Gasteiger partial charge in [-0.1, -0.05) is 58.4 Å². The molecule has 2 heterocycles. The highest BCUT2D eigenvalue weighted by Crippen LogP contribution is 2.30. The molecule has 4 rings (SSSR count). The van der Waals surface area contributed by atoms with Crippen LogP contribution in [0.3, 0.4) is 0 Å². The first kappa shape index (κ1) is 19.2. The zero-order valence-corrected chi connectivity index (χ0v) is 17.3. The van der Waals surface area contributed by atoms with Gasteiger partial charge in [0.2, 0.25) is 0 Å². The lowest BCUT2D eigenvalue weighted by atomic mass is 10.1. The summed E-state index contributed by atoms with van der Waals surface area (Å²) in [5, 5.41) is 0.792. The molecule has 0 N–H and O–H groups in total. The van der Waals surface area contributed by atoms with Crippen LogP contribution in [0.4, 0.5) is 0 Å². The molecule has 0 unspecified atom stereocenters. The lowest BCUT2D eigenvalue weighted by molar-refractivity contribution is 0.305. The Balaban J connectivity index is 1.92. The van der Waals surface area contributed by atoms with Gasteiger partial charge in [0.25, 0.3) is 5.56 Å². The van der Waals surface area contributed by atoms with Gasteiger partial charge in [-0.15, -0.1) is 6.58 Å². The Morgan fingerprint density at radius 1 is 1.03 bits per heavy atom. The lowest BCUT2D eigenvalue weighted by Crippen LogP contribution is -2.24. The van der Waals surface area contributed by atoms with Crippen molar-refractivity contribution in [3.63, 3.8) is 0 Å². The third-order valence-corrected chi connectivity index (χ3v) is 5.44. The number of aromatic nitrogens is 2.